The van der Waals surface area contributed by atoms with Crippen LogP contribution < -0.4 is 0 Å². The predicted molar refractivity (Wildman–Crippen MR) is 77.7 cm³/mol. The highest BCUT2D eigenvalue weighted by Crippen LogP contribution is 2.21. The summed E-state index contributed by atoms with van der Waals surface area (Å²) in [6.45, 7) is 0.486. The van der Waals surface area contributed by atoms with Crippen molar-refractivity contribution in [1.29, 1.82) is 0 Å². The maximum Gasteiger partial charge on any atom is 0.282 e. The van der Waals surface area contributed by atoms with Gasteiger partial charge in [-0.15, -0.1) is 0 Å². The van der Waals surface area contributed by atoms with E-state index in [0.29, 0.717) is 6.54 Å². The van der Waals surface area contributed by atoms with Crippen molar-refractivity contribution in [3.8, 4) is 0 Å². The van der Waals surface area contributed by atoms with Gasteiger partial charge in [0.15, 0.2) is 0 Å². The van der Waals surface area contributed by atoms with Crippen LogP contribution in [0.4, 0.5) is 10.1 Å². The molecule has 110 valence electrons. The molecule has 0 aliphatic carbocycles. The van der Waals surface area contributed by atoms with Gasteiger partial charge in [0.1, 0.15) is 11.4 Å². The van der Waals surface area contributed by atoms with E-state index in [1.54, 1.807) is 7.05 Å². The second kappa shape index (κ2) is 7.94. The monoisotopic (exact) mass is 346 g/mol. The molecule has 0 aromatic heterocycles. The quantitative estimate of drug-likeness (QED) is 0.329. The van der Waals surface area contributed by atoms with Crippen LogP contribution in [0.1, 0.15) is 29.6 Å². The zero-order valence-corrected chi connectivity index (χ0v) is 12.7. The van der Waals surface area contributed by atoms with Gasteiger partial charge in [-0.1, -0.05) is 22.4 Å². The molecule has 0 aliphatic rings. The molecule has 0 bridgehead atoms. The Kier molecular flexibility index (Phi) is 6.57. The van der Waals surface area contributed by atoms with Gasteiger partial charge in [-0.3, -0.25) is 14.9 Å². The number of unbranched alkanes of at least 4 members (excludes halogenated alkanes) is 2. The van der Waals surface area contributed by atoms with Crippen LogP contribution in [-0.2, 0) is 0 Å². The van der Waals surface area contributed by atoms with Crippen LogP contribution in [0.5, 0.6) is 0 Å². The first-order valence-corrected chi connectivity index (χ1v) is 7.35. The lowest BCUT2D eigenvalue weighted by molar-refractivity contribution is -0.385. The van der Waals surface area contributed by atoms with Crippen LogP contribution in [-0.4, -0.2) is 34.7 Å². The third-order valence-electron chi connectivity index (χ3n) is 2.86. The Morgan fingerprint density at radius 1 is 1.40 bits per heavy atom. The first-order valence-electron chi connectivity index (χ1n) is 6.22. The number of hydrogen-bond donors (Lipinski definition) is 0. The largest absolute Gasteiger partial charge is 0.341 e. The van der Waals surface area contributed by atoms with Gasteiger partial charge in [-0.05, 0) is 25.0 Å². The minimum absolute atomic E-state index is 0.210. The van der Waals surface area contributed by atoms with Gasteiger partial charge >= 0.3 is 0 Å². The molecule has 5 nitrogen and oxygen atoms in total. The van der Waals surface area contributed by atoms with Crippen molar-refractivity contribution < 1.29 is 14.1 Å². The Morgan fingerprint density at radius 3 is 2.70 bits per heavy atom. The number of nitro benzene ring substituents is 1. The van der Waals surface area contributed by atoms with Gasteiger partial charge in [-0.2, -0.15) is 0 Å². The Bertz CT molecular complexity index is 497. The van der Waals surface area contributed by atoms with E-state index in [2.05, 4.69) is 15.9 Å². The fraction of sp³-hybridized carbons (Fsp3) is 0.462. The SMILES string of the molecule is CN(CCCCCBr)C(=O)c1cc(F)ccc1[N+](=O)[O-]. The van der Waals surface area contributed by atoms with Gasteiger partial charge in [0.25, 0.3) is 11.6 Å². The van der Waals surface area contributed by atoms with Gasteiger partial charge in [0.2, 0.25) is 0 Å². The lowest BCUT2D eigenvalue weighted by Crippen LogP contribution is -2.28. The number of nitrogens with zero attached hydrogens (tertiary/aromatic N) is 2. The molecular formula is C13H16BrFN2O3. The summed E-state index contributed by atoms with van der Waals surface area (Å²) in [5.41, 5.74) is -0.582. The molecule has 0 fully saturated rings. The van der Waals surface area contributed by atoms with Gasteiger partial charge < -0.3 is 4.90 Å². The molecule has 0 spiro atoms. The Hall–Kier alpha value is -1.50. The highest BCUT2D eigenvalue weighted by Gasteiger charge is 2.23. The number of benzene rings is 1. The Labute approximate surface area is 125 Å². The summed E-state index contributed by atoms with van der Waals surface area (Å²) in [6, 6.07) is 2.90. The fourth-order valence-electron chi connectivity index (χ4n) is 1.77. The number of nitro groups is 1. The number of halogens is 2. The third kappa shape index (κ3) is 4.56. The summed E-state index contributed by atoms with van der Waals surface area (Å²) in [6.07, 6.45) is 2.76. The number of amides is 1. The molecule has 0 saturated carbocycles. The van der Waals surface area contributed by atoms with E-state index < -0.39 is 16.6 Å². The average molecular weight is 347 g/mol. The first kappa shape index (κ1) is 16.6. The topological polar surface area (TPSA) is 63.5 Å². The zero-order valence-electron chi connectivity index (χ0n) is 11.1. The van der Waals surface area contributed by atoms with E-state index in [0.717, 1.165) is 42.8 Å². The highest BCUT2D eigenvalue weighted by molar-refractivity contribution is 9.09. The van der Waals surface area contributed by atoms with E-state index in [1.165, 1.54) is 4.90 Å². The van der Waals surface area contributed by atoms with E-state index in [1.807, 2.05) is 0 Å². The molecular weight excluding hydrogens is 331 g/mol. The summed E-state index contributed by atoms with van der Waals surface area (Å²) >= 11 is 3.32. The standard InChI is InChI=1S/C13H16BrFN2O3/c1-16(8-4-2-3-7-14)13(18)11-9-10(15)5-6-12(11)17(19)20/h5-6,9H,2-4,7-8H2,1H3. The zero-order chi connectivity index (χ0) is 15.1. The van der Waals surface area contributed by atoms with Crippen molar-refractivity contribution in [3.63, 3.8) is 0 Å². The molecule has 0 radical (unpaired) electrons. The van der Waals surface area contributed by atoms with E-state index >= 15 is 0 Å². The lowest BCUT2D eigenvalue weighted by Gasteiger charge is -2.17. The van der Waals surface area contributed by atoms with E-state index in [-0.39, 0.29) is 11.3 Å². The molecule has 1 aromatic carbocycles. The maximum absolute atomic E-state index is 13.2. The van der Waals surface area contributed by atoms with Crippen LogP contribution in [0.25, 0.3) is 0 Å². The number of hydrogen-bond acceptors (Lipinski definition) is 3. The molecule has 0 unspecified atom stereocenters. The number of rotatable bonds is 7. The molecule has 0 saturated heterocycles. The summed E-state index contributed by atoms with van der Waals surface area (Å²) in [5.74, 6) is -1.19. The minimum Gasteiger partial charge on any atom is -0.341 e. The van der Waals surface area contributed by atoms with Crippen molar-refractivity contribution in [2.45, 2.75) is 19.3 Å². The van der Waals surface area contributed by atoms with Crippen LogP contribution in [0.2, 0.25) is 0 Å². The second-order valence-electron chi connectivity index (χ2n) is 4.39. The molecule has 7 heteroatoms. The Balaban J connectivity index is 2.80. The van der Waals surface area contributed by atoms with Crippen molar-refractivity contribution in [3.05, 3.63) is 39.7 Å². The van der Waals surface area contributed by atoms with Crippen LogP contribution in [0.3, 0.4) is 0 Å². The smallest absolute Gasteiger partial charge is 0.282 e. The van der Waals surface area contributed by atoms with Crippen LogP contribution in [0.15, 0.2) is 18.2 Å². The second-order valence-corrected chi connectivity index (χ2v) is 5.19. The van der Waals surface area contributed by atoms with Gasteiger partial charge in [0.05, 0.1) is 4.92 Å². The summed E-state index contributed by atoms with van der Waals surface area (Å²) in [5, 5.41) is 11.8. The number of carbonyl (C=O) groups excluding carboxylic acids is 1. The van der Waals surface area contributed by atoms with Crippen molar-refractivity contribution in [2.24, 2.45) is 0 Å². The van der Waals surface area contributed by atoms with E-state index in [9.17, 15) is 19.3 Å². The summed E-state index contributed by atoms with van der Waals surface area (Å²) in [7, 11) is 1.56. The average Bonchev–Trinajstić information content (AvgIpc) is 2.42. The molecule has 0 N–H and O–H groups in total. The van der Waals surface area contributed by atoms with Gasteiger partial charge in [-0.25, -0.2) is 4.39 Å². The molecule has 1 amide bonds. The van der Waals surface area contributed by atoms with Crippen LogP contribution >= 0.6 is 15.9 Å². The number of alkyl halides is 1. The maximum atomic E-state index is 13.2. The van der Waals surface area contributed by atoms with Crippen molar-refractivity contribution >= 4 is 27.5 Å². The summed E-state index contributed by atoms with van der Waals surface area (Å²) in [4.78, 5) is 23.7. The van der Waals surface area contributed by atoms with Crippen LogP contribution in [0, 0.1) is 15.9 Å². The molecule has 0 heterocycles. The predicted octanol–water partition coefficient (Wildman–Crippen LogP) is 3.37. The normalized spacial score (nSPS) is 10.3. The number of carbonyl (C=O) groups is 1. The molecule has 0 aliphatic heterocycles. The van der Waals surface area contributed by atoms with Crippen molar-refractivity contribution in [2.75, 3.05) is 18.9 Å². The fourth-order valence-corrected chi connectivity index (χ4v) is 2.16. The molecule has 1 rings (SSSR count). The third-order valence-corrected chi connectivity index (χ3v) is 3.42. The highest BCUT2D eigenvalue weighted by atomic mass is 79.9. The molecule has 20 heavy (non-hydrogen) atoms. The van der Waals surface area contributed by atoms with E-state index in [4.69, 9.17) is 0 Å². The summed E-state index contributed by atoms with van der Waals surface area (Å²) < 4.78 is 13.2. The van der Waals surface area contributed by atoms with Gasteiger partial charge in [0, 0.05) is 25.0 Å². The lowest BCUT2D eigenvalue weighted by atomic mass is 10.1. The first-order chi connectivity index (χ1) is 9.47. The minimum atomic E-state index is -0.675. The van der Waals surface area contributed by atoms with Crippen molar-refractivity contribution in [1.82, 2.24) is 4.90 Å². The molecule has 0 atom stereocenters. The molecule has 1 aromatic rings. The Morgan fingerprint density at radius 2 is 2.10 bits per heavy atom.